The van der Waals surface area contributed by atoms with Gasteiger partial charge < -0.3 is 15.1 Å². The summed E-state index contributed by atoms with van der Waals surface area (Å²) in [6.07, 6.45) is 0. The zero-order valence-electron chi connectivity index (χ0n) is 12.7. The number of hydrogen-bond acceptors (Lipinski definition) is 5. The van der Waals surface area contributed by atoms with Crippen LogP contribution in [0.1, 0.15) is 5.56 Å². The Morgan fingerprint density at radius 3 is 2.09 bits per heavy atom. The van der Waals surface area contributed by atoms with Crippen LogP contribution >= 0.6 is 0 Å². The van der Waals surface area contributed by atoms with Crippen molar-refractivity contribution in [1.82, 2.24) is 0 Å². The first-order chi connectivity index (χ1) is 10.7. The van der Waals surface area contributed by atoms with E-state index >= 15 is 0 Å². The molecule has 2 rings (SSSR count). The molecular formula is C17H21N3O2. The number of aliphatic hydroxyl groups excluding tert-OH is 2. The van der Waals surface area contributed by atoms with Gasteiger partial charge in [-0.3, -0.25) is 0 Å². The van der Waals surface area contributed by atoms with Gasteiger partial charge in [-0.05, 0) is 42.8 Å². The van der Waals surface area contributed by atoms with Gasteiger partial charge in [0.1, 0.15) is 0 Å². The lowest BCUT2D eigenvalue weighted by Crippen LogP contribution is -2.29. The molecular weight excluding hydrogens is 278 g/mol. The van der Waals surface area contributed by atoms with Crippen molar-refractivity contribution in [3.63, 3.8) is 0 Å². The topological polar surface area (TPSA) is 68.4 Å². The van der Waals surface area contributed by atoms with E-state index in [0.29, 0.717) is 13.1 Å². The van der Waals surface area contributed by atoms with Crippen LogP contribution in [0.3, 0.4) is 0 Å². The predicted octanol–water partition coefficient (Wildman–Crippen LogP) is 3.20. The van der Waals surface area contributed by atoms with Gasteiger partial charge in [-0.25, -0.2) is 0 Å². The quantitative estimate of drug-likeness (QED) is 0.771. The van der Waals surface area contributed by atoms with Gasteiger partial charge in [0.25, 0.3) is 0 Å². The van der Waals surface area contributed by atoms with E-state index in [2.05, 4.69) is 10.2 Å². The molecule has 0 saturated heterocycles. The van der Waals surface area contributed by atoms with Gasteiger partial charge in [0.2, 0.25) is 0 Å². The minimum Gasteiger partial charge on any atom is -0.395 e. The number of hydrogen-bond donors (Lipinski definition) is 2. The summed E-state index contributed by atoms with van der Waals surface area (Å²) in [4.78, 5) is 1.92. The van der Waals surface area contributed by atoms with E-state index in [-0.39, 0.29) is 13.2 Å². The van der Waals surface area contributed by atoms with Crippen LogP contribution in [0.25, 0.3) is 0 Å². The molecule has 2 aromatic carbocycles. The van der Waals surface area contributed by atoms with E-state index in [4.69, 9.17) is 10.2 Å². The molecule has 5 heteroatoms. The van der Waals surface area contributed by atoms with Crippen LogP contribution in [0.5, 0.6) is 0 Å². The minimum atomic E-state index is 0.0503. The highest BCUT2D eigenvalue weighted by Gasteiger charge is 2.05. The Kier molecular flexibility index (Phi) is 6.06. The number of rotatable bonds is 7. The third kappa shape index (κ3) is 4.38. The lowest BCUT2D eigenvalue weighted by molar-refractivity contribution is 0.281. The summed E-state index contributed by atoms with van der Waals surface area (Å²) in [6.45, 7) is 3.08. The van der Waals surface area contributed by atoms with E-state index in [1.165, 1.54) is 0 Å². The van der Waals surface area contributed by atoms with E-state index in [1.54, 1.807) is 0 Å². The lowest BCUT2D eigenvalue weighted by Gasteiger charge is -2.22. The van der Waals surface area contributed by atoms with E-state index in [1.807, 2.05) is 60.4 Å². The average Bonchev–Trinajstić information content (AvgIpc) is 2.54. The molecule has 0 radical (unpaired) electrons. The maximum Gasteiger partial charge on any atom is 0.0886 e. The third-order valence-corrected chi connectivity index (χ3v) is 3.34. The van der Waals surface area contributed by atoms with Crippen molar-refractivity contribution >= 4 is 17.1 Å². The summed E-state index contributed by atoms with van der Waals surface area (Å²) < 4.78 is 0. The molecule has 2 aromatic rings. The minimum absolute atomic E-state index is 0.0503. The predicted molar refractivity (Wildman–Crippen MR) is 88.2 cm³/mol. The molecule has 0 heterocycles. The highest BCUT2D eigenvalue weighted by molar-refractivity contribution is 5.53. The van der Waals surface area contributed by atoms with Crippen LogP contribution in [-0.4, -0.2) is 36.5 Å². The molecule has 0 aliphatic rings. The summed E-state index contributed by atoms with van der Waals surface area (Å²) in [5, 5.41) is 26.6. The Balaban J connectivity index is 2.10. The Morgan fingerprint density at radius 2 is 1.50 bits per heavy atom. The van der Waals surface area contributed by atoms with Crippen LogP contribution in [0.4, 0.5) is 17.1 Å². The number of nitrogens with zero attached hydrogens (tertiary/aromatic N) is 3. The highest BCUT2D eigenvalue weighted by atomic mass is 16.3. The lowest BCUT2D eigenvalue weighted by atomic mass is 10.2. The van der Waals surface area contributed by atoms with Crippen molar-refractivity contribution < 1.29 is 10.2 Å². The summed E-state index contributed by atoms with van der Waals surface area (Å²) in [5.41, 5.74) is 3.64. The monoisotopic (exact) mass is 299 g/mol. The average molecular weight is 299 g/mol. The number of benzene rings is 2. The number of aryl methyl sites for hydroxylation is 1. The first kappa shape index (κ1) is 16.1. The van der Waals surface area contributed by atoms with Crippen molar-refractivity contribution in [1.29, 1.82) is 0 Å². The van der Waals surface area contributed by atoms with Gasteiger partial charge in [0, 0.05) is 18.8 Å². The van der Waals surface area contributed by atoms with Gasteiger partial charge in [-0.2, -0.15) is 10.2 Å². The van der Waals surface area contributed by atoms with E-state index in [0.717, 1.165) is 22.6 Å². The van der Waals surface area contributed by atoms with Crippen LogP contribution < -0.4 is 4.90 Å². The molecule has 5 nitrogen and oxygen atoms in total. The highest BCUT2D eigenvalue weighted by Crippen LogP contribution is 2.23. The molecule has 2 N–H and O–H groups in total. The van der Waals surface area contributed by atoms with Gasteiger partial charge in [0.05, 0.1) is 24.6 Å². The molecule has 0 saturated carbocycles. The maximum absolute atomic E-state index is 9.06. The molecule has 0 atom stereocenters. The summed E-state index contributed by atoms with van der Waals surface area (Å²) >= 11 is 0. The Morgan fingerprint density at radius 1 is 0.864 bits per heavy atom. The van der Waals surface area contributed by atoms with E-state index in [9.17, 15) is 0 Å². The Bertz CT molecular complexity index is 606. The largest absolute Gasteiger partial charge is 0.395 e. The Labute approximate surface area is 130 Å². The fourth-order valence-electron chi connectivity index (χ4n) is 2.13. The maximum atomic E-state index is 9.06. The van der Waals surface area contributed by atoms with Crippen molar-refractivity contribution in [2.24, 2.45) is 10.2 Å². The van der Waals surface area contributed by atoms with Crippen LogP contribution in [0.15, 0.2) is 58.8 Å². The summed E-state index contributed by atoms with van der Waals surface area (Å²) in [6, 6.07) is 15.4. The normalized spacial score (nSPS) is 11.0. The van der Waals surface area contributed by atoms with Crippen LogP contribution in [0.2, 0.25) is 0 Å². The van der Waals surface area contributed by atoms with Crippen molar-refractivity contribution in [3.8, 4) is 0 Å². The molecule has 0 amide bonds. The van der Waals surface area contributed by atoms with Gasteiger partial charge >= 0.3 is 0 Å². The second-order valence-corrected chi connectivity index (χ2v) is 4.94. The molecule has 0 aromatic heterocycles. The first-order valence-electron chi connectivity index (χ1n) is 7.28. The molecule has 0 spiro atoms. The second-order valence-electron chi connectivity index (χ2n) is 4.94. The zero-order chi connectivity index (χ0) is 15.8. The number of aliphatic hydroxyl groups is 2. The second kappa shape index (κ2) is 8.26. The number of anilines is 1. The number of azo groups is 1. The molecule has 0 bridgehead atoms. The molecule has 0 aliphatic carbocycles. The van der Waals surface area contributed by atoms with Crippen molar-refractivity contribution in [2.75, 3.05) is 31.2 Å². The smallest absolute Gasteiger partial charge is 0.0886 e. The Hall–Kier alpha value is -2.24. The van der Waals surface area contributed by atoms with Crippen LogP contribution in [0, 0.1) is 6.92 Å². The third-order valence-electron chi connectivity index (χ3n) is 3.34. The van der Waals surface area contributed by atoms with E-state index < -0.39 is 0 Å². The molecule has 116 valence electrons. The van der Waals surface area contributed by atoms with Crippen molar-refractivity contribution in [2.45, 2.75) is 6.92 Å². The summed E-state index contributed by atoms with van der Waals surface area (Å²) in [5.74, 6) is 0. The van der Waals surface area contributed by atoms with Gasteiger partial charge in [-0.1, -0.05) is 18.2 Å². The first-order valence-corrected chi connectivity index (χ1v) is 7.28. The van der Waals surface area contributed by atoms with Crippen LogP contribution in [-0.2, 0) is 0 Å². The molecule has 0 unspecified atom stereocenters. The van der Waals surface area contributed by atoms with Crippen molar-refractivity contribution in [3.05, 3.63) is 54.1 Å². The van der Waals surface area contributed by atoms with Gasteiger partial charge in [-0.15, -0.1) is 0 Å². The fraction of sp³-hybridized carbons (Fsp3) is 0.294. The molecule has 0 fully saturated rings. The summed E-state index contributed by atoms with van der Waals surface area (Å²) in [7, 11) is 0. The van der Waals surface area contributed by atoms with Gasteiger partial charge in [0.15, 0.2) is 0 Å². The fourth-order valence-corrected chi connectivity index (χ4v) is 2.13. The standard InChI is InChI=1S/C17H21N3O2/c1-14-4-2-3-5-17(14)19-18-15-6-8-16(9-7-15)20(10-12-21)11-13-22/h2-9,21-22H,10-13H2,1H3. The zero-order valence-corrected chi connectivity index (χ0v) is 12.7. The molecule has 22 heavy (non-hydrogen) atoms. The molecule has 0 aliphatic heterocycles. The SMILES string of the molecule is Cc1ccccc1N=Nc1ccc(N(CCO)CCO)cc1.